The first kappa shape index (κ1) is 6.55. The van der Waals surface area contributed by atoms with E-state index in [-0.39, 0.29) is 6.04 Å². The number of carboxylic acid groups (broad SMARTS) is 1. The second-order valence-electron chi connectivity index (χ2n) is 2.63. The van der Waals surface area contributed by atoms with Crippen molar-refractivity contribution in [1.82, 2.24) is 0 Å². The second kappa shape index (κ2) is 1.70. The first-order chi connectivity index (χ1) is 4.13. The second-order valence-corrected chi connectivity index (χ2v) is 2.63. The lowest BCUT2D eigenvalue weighted by Gasteiger charge is -2.04. The fourth-order valence-corrected chi connectivity index (χ4v) is 1.14. The van der Waals surface area contributed by atoms with Gasteiger partial charge >= 0.3 is 5.97 Å². The van der Waals surface area contributed by atoms with Gasteiger partial charge in [-0.2, -0.15) is 0 Å². The van der Waals surface area contributed by atoms with Crippen LogP contribution in [0.15, 0.2) is 0 Å². The molecule has 3 nitrogen and oxygen atoms in total. The Hall–Kier alpha value is -0.570. The first-order valence-corrected chi connectivity index (χ1v) is 3.12. The molecule has 1 rings (SSSR count). The molecule has 0 amide bonds. The van der Waals surface area contributed by atoms with Crippen molar-refractivity contribution in [3.05, 3.63) is 0 Å². The highest BCUT2D eigenvalue weighted by atomic mass is 16.4. The van der Waals surface area contributed by atoms with Gasteiger partial charge in [0.25, 0.3) is 0 Å². The molecule has 2 atom stereocenters. The van der Waals surface area contributed by atoms with Crippen LogP contribution in [0.3, 0.4) is 0 Å². The Bertz CT molecular complexity index is 142. The van der Waals surface area contributed by atoms with E-state index < -0.39 is 11.4 Å². The molecule has 3 N–H and O–H groups in total. The monoisotopic (exact) mass is 129 g/mol. The third-order valence-corrected chi connectivity index (χ3v) is 2.19. The van der Waals surface area contributed by atoms with Gasteiger partial charge < -0.3 is 10.8 Å². The highest BCUT2D eigenvalue weighted by Crippen LogP contribution is 2.47. The summed E-state index contributed by atoms with van der Waals surface area (Å²) >= 11 is 0. The lowest BCUT2D eigenvalue weighted by atomic mass is 10.0. The zero-order valence-corrected chi connectivity index (χ0v) is 5.42. The Labute approximate surface area is 53.9 Å². The maximum atomic E-state index is 10.4. The fraction of sp³-hybridized carbons (Fsp3) is 0.833. The summed E-state index contributed by atoms with van der Waals surface area (Å²) in [4.78, 5) is 10.4. The van der Waals surface area contributed by atoms with E-state index in [1.807, 2.05) is 6.92 Å². The van der Waals surface area contributed by atoms with Gasteiger partial charge in [-0.3, -0.25) is 4.79 Å². The molecule has 0 aromatic rings. The van der Waals surface area contributed by atoms with Crippen molar-refractivity contribution in [2.24, 2.45) is 11.1 Å². The summed E-state index contributed by atoms with van der Waals surface area (Å²) in [6.45, 7) is 1.86. The van der Waals surface area contributed by atoms with Gasteiger partial charge in [-0.15, -0.1) is 0 Å². The molecule has 1 fully saturated rings. The first-order valence-electron chi connectivity index (χ1n) is 3.12. The molecule has 0 aromatic carbocycles. The quantitative estimate of drug-likeness (QED) is 0.559. The molecule has 1 aliphatic carbocycles. The van der Waals surface area contributed by atoms with Crippen molar-refractivity contribution >= 4 is 5.97 Å². The Morgan fingerprint density at radius 3 is 2.44 bits per heavy atom. The number of hydrogen-bond acceptors (Lipinski definition) is 2. The maximum Gasteiger partial charge on any atom is 0.311 e. The minimum absolute atomic E-state index is 0.0972. The molecule has 52 valence electrons. The van der Waals surface area contributed by atoms with Crippen LogP contribution in [-0.2, 0) is 4.79 Å². The van der Waals surface area contributed by atoms with E-state index in [1.54, 1.807) is 0 Å². The summed E-state index contributed by atoms with van der Waals surface area (Å²) in [5.74, 6) is -0.738. The third kappa shape index (κ3) is 0.721. The fourth-order valence-electron chi connectivity index (χ4n) is 1.14. The van der Waals surface area contributed by atoms with Crippen LogP contribution in [0, 0.1) is 5.41 Å². The Morgan fingerprint density at radius 1 is 2.00 bits per heavy atom. The molecule has 1 saturated carbocycles. The summed E-state index contributed by atoms with van der Waals surface area (Å²) in [5, 5.41) is 8.59. The number of aliphatic carboxylic acids is 1. The largest absolute Gasteiger partial charge is 0.481 e. The summed E-state index contributed by atoms with van der Waals surface area (Å²) in [5.41, 5.74) is 4.88. The highest BCUT2D eigenvalue weighted by molar-refractivity contribution is 5.79. The molecule has 1 aliphatic rings. The van der Waals surface area contributed by atoms with E-state index >= 15 is 0 Å². The van der Waals surface area contributed by atoms with E-state index in [9.17, 15) is 4.79 Å². The van der Waals surface area contributed by atoms with Gasteiger partial charge in [0.1, 0.15) is 0 Å². The smallest absolute Gasteiger partial charge is 0.311 e. The van der Waals surface area contributed by atoms with Crippen LogP contribution in [0.1, 0.15) is 19.8 Å². The Morgan fingerprint density at radius 2 is 2.44 bits per heavy atom. The molecule has 0 spiro atoms. The average Bonchev–Trinajstić information content (AvgIpc) is 2.43. The van der Waals surface area contributed by atoms with Crippen LogP contribution < -0.4 is 5.73 Å². The molecule has 0 radical (unpaired) electrons. The zero-order valence-electron chi connectivity index (χ0n) is 5.42. The third-order valence-electron chi connectivity index (χ3n) is 2.19. The van der Waals surface area contributed by atoms with Crippen molar-refractivity contribution in [2.45, 2.75) is 25.8 Å². The minimum Gasteiger partial charge on any atom is -0.481 e. The zero-order chi connectivity index (χ0) is 7.07. The Balaban J connectivity index is 2.62. The SMILES string of the molecule is CCC1(C(=O)O)CC1N. The number of carboxylic acids is 1. The summed E-state index contributed by atoms with van der Waals surface area (Å²) in [6.07, 6.45) is 1.31. The molecule has 0 heterocycles. The number of carbonyl (C=O) groups is 1. The highest BCUT2D eigenvalue weighted by Gasteiger charge is 2.56. The molecule has 2 unspecified atom stereocenters. The van der Waals surface area contributed by atoms with E-state index in [1.165, 1.54) is 0 Å². The topological polar surface area (TPSA) is 63.3 Å². The van der Waals surface area contributed by atoms with Gasteiger partial charge in [-0.1, -0.05) is 6.92 Å². The van der Waals surface area contributed by atoms with E-state index in [0.717, 1.165) is 0 Å². The van der Waals surface area contributed by atoms with Crippen molar-refractivity contribution in [3.8, 4) is 0 Å². The lowest BCUT2D eigenvalue weighted by molar-refractivity contribution is -0.143. The van der Waals surface area contributed by atoms with Crippen LogP contribution in [0.25, 0.3) is 0 Å². The molecular weight excluding hydrogens is 118 g/mol. The van der Waals surface area contributed by atoms with E-state index in [4.69, 9.17) is 10.8 Å². The summed E-state index contributed by atoms with van der Waals surface area (Å²) in [6, 6.07) is -0.0972. The van der Waals surface area contributed by atoms with Crippen molar-refractivity contribution in [2.75, 3.05) is 0 Å². The lowest BCUT2D eigenvalue weighted by Crippen LogP contribution is -2.22. The normalized spacial score (nSPS) is 40.4. The van der Waals surface area contributed by atoms with Crippen LogP contribution in [0.5, 0.6) is 0 Å². The predicted octanol–water partition coefficient (Wildman–Crippen LogP) is 0.198. The van der Waals surface area contributed by atoms with Gasteiger partial charge in [0.2, 0.25) is 0 Å². The van der Waals surface area contributed by atoms with Gasteiger partial charge in [0.15, 0.2) is 0 Å². The Kier molecular flexibility index (Phi) is 1.24. The van der Waals surface area contributed by atoms with Crippen LogP contribution >= 0.6 is 0 Å². The van der Waals surface area contributed by atoms with Gasteiger partial charge in [-0.25, -0.2) is 0 Å². The van der Waals surface area contributed by atoms with E-state index in [2.05, 4.69) is 0 Å². The molecule has 0 aliphatic heterocycles. The van der Waals surface area contributed by atoms with Crippen LogP contribution in [0.2, 0.25) is 0 Å². The molecule has 3 heteroatoms. The number of rotatable bonds is 2. The van der Waals surface area contributed by atoms with Crippen LogP contribution in [0.4, 0.5) is 0 Å². The average molecular weight is 129 g/mol. The standard InChI is InChI=1S/C6H11NO2/c1-2-6(5(8)9)3-4(6)7/h4H,2-3,7H2,1H3,(H,8,9). The molecule has 9 heavy (non-hydrogen) atoms. The molecule has 0 aromatic heterocycles. The van der Waals surface area contributed by atoms with Gasteiger partial charge in [-0.05, 0) is 12.8 Å². The number of nitrogens with two attached hydrogens (primary N) is 1. The van der Waals surface area contributed by atoms with Gasteiger partial charge in [0, 0.05) is 6.04 Å². The van der Waals surface area contributed by atoms with Gasteiger partial charge in [0.05, 0.1) is 5.41 Å². The van der Waals surface area contributed by atoms with Crippen molar-refractivity contribution in [1.29, 1.82) is 0 Å². The minimum atomic E-state index is -0.738. The van der Waals surface area contributed by atoms with Crippen molar-refractivity contribution < 1.29 is 9.90 Å². The summed E-state index contributed by atoms with van der Waals surface area (Å²) < 4.78 is 0. The van der Waals surface area contributed by atoms with E-state index in [0.29, 0.717) is 12.8 Å². The summed E-state index contributed by atoms with van der Waals surface area (Å²) in [7, 11) is 0. The van der Waals surface area contributed by atoms with Crippen molar-refractivity contribution in [3.63, 3.8) is 0 Å². The number of hydrogen-bond donors (Lipinski definition) is 2. The molecule has 0 bridgehead atoms. The molecule has 0 saturated heterocycles. The molecular formula is C6H11NO2. The predicted molar refractivity (Wildman–Crippen MR) is 33.0 cm³/mol. The maximum absolute atomic E-state index is 10.4. The van der Waals surface area contributed by atoms with Crippen LogP contribution in [-0.4, -0.2) is 17.1 Å².